The largest absolute Gasteiger partial charge is 0.471 e. The Balaban J connectivity index is 1.58. The van der Waals surface area contributed by atoms with E-state index in [2.05, 4.69) is 34.6 Å². The number of hydrogen-bond donors (Lipinski definition) is 2. The van der Waals surface area contributed by atoms with Gasteiger partial charge in [-0.2, -0.15) is 4.37 Å². The van der Waals surface area contributed by atoms with E-state index < -0.39 is 38.0 Å². The molecule has 0 radical (unpaired) electrons. The quantitative estimate of drug-likeness (QED) is 0.194. The molecule has 2 N–H and O–H groups in total. The number of alkyl halides is 1. The lowest BCUT2D eigenvalue weighted by atomic mass is 10.1. The highest BCUT2D eigenvalue weighted by Crippen LogP contribution is 2.32. The SMILES string of the molecule is COC(=O)c1c(OCc2cc(C(=O)OCC[Si](C)(C)C)ccc2F)nsc1NC(=O)NCCCN1CC[C@H](F)C1. The van der Waals surface area contributed by atoms with E-state index in [4.69, 9.17) is 14.2 Å². The first-order chi connectivity index (χ1) is 19.0. The molecule has 1 aliphatic rings. The van der Waals surface area contributed by atoms with Crippen LogP contribution in [0, 0.1) is 5.82 Å². The first-order valence-electron chi connectivity index (χ1n) is 13.0. The second-order valence-electron chi connectivity index (χ2n) is 10.6. The second-order valence-corrected chi connectivity index (χ2v) is 17.0. The third kappa shape index (κ3) is 9.52. The van der Waals surface area contributed by atoms with Gasteiger partial charge in [0.1, 0.15) is 23.6 Å². The number of urea groups is 1. The number of benzene rings is 1. The predicted octanol–water partition coefficient (Wildman–Crippen LogP) is 4.70. The number of amides is 2. The molecule has 1 atom stereocenters. The van der Waals surface area contributed by atoms with E-state index in [0.717, 1.165) is 23.6 Å². The molecular weight excluding hydrogens is 562 g/mol. The van der Waals surface area contributed by atoms with E-state index in [1.54, 1.807) is 0 Å². The highest BCUT2D eigenvalue weighted by molar-refractivity contribution is 7.11. The Kier molecular flexibility index (Phi) is 11.4. The summed E-state index contributed by atoms with van der Waals surface area (Å²) in [7, 11) is -0.210. The number of nitrogens with one attached hydrogen (secondary N) is 2. The maximum absolute atomic E-state index is 14.5. The topological polar surface area (TPSA) is 119 Å². The van der Waals surface area contributed by atoms with Crippen LogP contribution in [-0.4, -0.2) is 81.4 Å². The second kappa shape index (κ2) is 14.5. The minimum Gasteiger partial charge on any atom is -0.471 e. The number of carbonyl (C=O) groups is 3. The minimum atomic E-state index is -1.38. The number of carbonyl (C=O) groups excluding carboxylic acids is 3. The molecule has 1 aromatic heterocycles. The van der Waals surface area contributed by atoms with Crippen LogP contribution in [0.1, 0.15) is 39.1 Å². The summed E-state index contributed by atoms with van der Waals surface area (Å²) >= 11 is 0.804. The van der Waals surface area contributed by atoms with Crippen molar-refractivity contribution < 1.29 is 37.4 Å². The zero-order valence-corrected chi connectivity index (χ0v) is 25.0. The number of aromatic nitrogens is 1. The molecule has 220 valence electrons. The number of hydrogen-bond acceptors (Lipinski definition) is 9. The maximum atomic E-state index is 14.5. The molecule has 1 aliphatic heterocycles. The average molecular weight is 599 g/mol. The van der Waals surface area contributed by atoms with Gasteiger partial charge in [0.2, 0.25) is 5.88 Å². The van der Waals surface area contributed by atoms with Gasteiger partial charge in [-0.1, -0.05) is 19.6 Å². The van der Waals surface area contributed by atoms with Crippen molar-refractivity contribution in [3.63, 3.8) is 0 Å². The lowest BCUT2D eigenvalue weighted by molar-refractivity contribution is 0.0524. The fourth-order valence-corrected chi connectivity index (χ4v) is 5.31. The van der Waals surface area contributed by atoms with Gasteiger partial charge in [0.05, 0.1) is 19.3 Å². The minimum absolute atomic E-state index is 0.0628. The summed E-state index contributed by atoms with van der Waals surface area (Å²) in [5, 5.41) is 5.35. The number of esters is 2. The third-order valence-corrected chi connectivity index (χ3v) is 8.61. The fourth-order valence-electron chi connectivity index (χ4n) is 3.87. The summed E-state index contributed by atoms with van der Waals surface area (Å²) in [6.07, 6.45) is 0.373. The molecule has 0 spiro atoms. The lowest BCUT2D eigenvalue weighted by Gasteiger charge is -2.15. The van der Waals surface area contributed by atoms with Crippen molar-refractivity contribution in [2.45, 2.75) is 51.3 Å². The number of methoxy groups -OCH3 is 1. The van der Waals surface area contributed by atoms with E-state index in [1.165, 1.54) is 19.2 Å². The first kappa shape index (κ1) is 31.4. The number of rotatable bonds is 13. The van der Waals surface area contributed by atoms with Crippen molar-refractivity contribution in [1.29, 1.82) is 0 Å². The van der Waals surface area contributed by atoms with Crippen LogP contribution in [0.4, 0.5) is 18.6 Å². The van der Waals surface area contributed by atoms with Crippen LogP contribution < -0.4 is 15.4 Å². The summed E-state index contributed by atoms with van der Waals surface area (Å²) in [5.41, 5.74) is 0.124. The highest BCUT2D eigenvalue weighted by Gasteiger charge is 2.26. The Hall–Kier alpha value is -3.10. The Bertz CT molecular complexity index is 1190. The van der Waals surface area contributed by atoms with Gasteiger partial charge in [-0.25, -0.2) is 23.2 Å². The summed E-state index contributed by atoms with van der Waals surface area (Å²) in [5.74, 6) is -2.12. The van der Waals surface area contributed by atoms with Crippen LogP contribution in [0.5, 0.6) is 5.88 Å². The van der Waals surface area contributed by atoms with Crippen LogP contribution >= 0.6 is 11.5 Å². The van der Waals surface area contributed by atoms with Gasteiger partial charge in [-0.3, -0.25) is 5.32 Å². The van der Waals surface area contributed by atoms with Gasteiger partial charge in [-0.05, 0) is 55.2 Å². The van der Waals surface area contributed by atoms with Gasteiger partial charge in [0.15, 0.2) is 5.56 Å². The molecule has 1 saturated heterocycles. The number of halogens is 2. The Morgan fingerprint density at radius 3 is 2.67 bits per heavy atom. The van der Waals surface area contributed by atoms with E-state index in [0.29, 0.717) is 45.6 Å². The van der Waals surface area contributed by atoms with Crippen LogP contribution in [0.2, 0.25) is 25.7 Å². The molecule has 14 heteroatoms. The average Bonchev–Trinajstić information content (AvgIpc) is 3.50. The number of likely N-dealkylation sites (tertiary alicyclic amines) is 1. The molecule has 1 fully saturated rings. The highest BCUT2D eigenvalue weighted by atomic mass is 32.1. The van der Waals surface area contributed by atoms with E-state index in [-0.39, 0.29) is 34.2 Å². The standard InChI is InChI=1S/C26H36F2N4O6SSi/c1-36-25(34)21-22(31-39-23(21)30-26(35)29-9-5-10-32-11-8-19(27)15-32)38-16-18-14-17(6-7-20(18)28)24(33)37-12-13-40(2,3)4/h6-7,14,19H,5,8-13,15-16H2,1-4H3,(H2,29,30,35)/t19-/m0/s1. The van der Waals surface area contributed by atoms with E-state index in [9.17, 15) is 23.2 Å². The molecule has 0 unspecified atom stereocenters. The normalized spacial score (nSPS) is 15.5. The molecule has 0 saturated carbocycles. The number of anilines is 1. The van der Waals surface area contributed by atoms with Crippen molar-refractivity contribution in [2.75, 3.05) is 45.2 Å². The van der Waals surface area contributed by atoms with Crippen LogP contribution in [0.3, 0.4) is 0 Å². The van der Waals surface area contributed by atoms with Gasteiger partial charge in [-0.15, -0.1) is 0 Å². The summed E-state index contributed by atoms with van der Waals surface area (Å²) in [6.45, 7) is 8.60. The van der Waals surface area contributed by atoms with Crippen molar-refractivity contribution in [3.8, 4) is 5.88 Å². The zero-order valence-electron chi connectivity index (χ0n) is 23.2. The van der Waals surface area contributed by atoms with Crippen molar-refractivity contribution >= 4 is 42.6 Å². The summed E-state index contributed by atoms with van der Waals surface area (Å²) in [4.78, 5) is 39.3. The predicted molar refractivity (Wildman–Crippen MR) is 150 cm³/mol. The van der Waals surface area contributed by atoms with Gasteiger partial charge >= 0.3 is 18.0 Å². The van der Waals surface area contributed by atoms with E-state index in [1.807, 2.05) is 4.90 Å². The first-order valence-corrected chi connectivity index (χ1v) is 17.5. The van der Waals surface area contributed by atoms with E-state index >= 15 is 0 Å². The van der Waals surface area contributed by atoms with Crippen LogP contribution in [0.25, 0.3) is 0 Å². The smallest absolute Gasteiger partial charge is 0.346 e. The Morgan fingerprint density at radius 2 is 2.00 bits per heavy atom. The van der Waals surface area contributed by atoms with Crippen LogP contribution in [-0.2, 0) is 16.1 Å². The molecule has 40 heavy (non-hydrogen) atoms. The van der Waals surface area contributed by atoms with Gasteiger partial charge < -0.3 is 24.4 Å². The molecule has 2 aromatic rings. The Morgan fingerprint density at radius 1 is 1.23 bits per heavy atom. The molecule has 0 aliphatic carbocycles. The third-order valence-electron chi connectivity index (χ3n) is 6.16. The summed E-state index contributed by atoms with van der Waals surface area (Å²) in [6, 6.07) is 4.06. The lowest BCUT2D eigenvalue weighted by Crippen LogP contribution is -2.32. The molecule has 2 amide bonds. The molecule has 1 aromatic carbocycles. The van der Waals surface area contributed by atoms with Crippen molar-refractivity contribution in [3.05, 3.63) is 40.7 Å². The molecule has 3 rings (SSSR count). The molecule has 0 bridgehead atoms. The van der Waals surface area contributed by atoms with Crippen molar-refractivity contribution in [2.24, 2.45) is 0 Å². The van der Waals surface area contributed by atoms with Gasteiger partial charge in [0.25, 0.3) is 0 Å². The fraction of sp³-hybridized carbons (Fsp3) is 0.538. The molecular formula is C26H36F2N4O6SSi. The Labute approximate surface area is 237 Å². The molecule has 2 heterocycles. The maximum Gasteiger partial charge on any atom is 0.346 e. The van der Waals surface area contributed by atoms with Crippen molar-refractivity contribution in [1.82, 2.24) is 14.6 Å². The van der Waals surface area contributed by atoms with Gasteiger partial charge in [0, 0.05) is 33.3 Å². The monoisotopic (exact) mass is 598 g/mol. The zero-order chi connectivity index (χ0) is 29.3. The number of nitrogens with zero attached hydrogens (tertiary/aromatic N) is 2. The van der Waals surface area contributed by atoms with Crippen LogP contribution in [0.15, 0.2) is 18.2 Å². The number of ether oxygens (including phenoxy) is 3. The molecule has 10 nitrogen and oxygen atoms in total. The summed E-state index contributed by atoms with van der Waals surface area (Å²) < 4.78 is 47.6.